The second-order valence-corrected chi connectivity index (χ2v) is 6.46. The second-order valence-electron chi connectivity index (χ2n) is 4.60. The van der Waals surface area contributed by atoms with Crippen LogP contribution in [0.25, 0.3) is 11.6 Å². The van der Waals surface area contributed by atoms with Gasteiger partial charge in [0.2, 0.25) is 5.82 Å². The van der Waals surface area contributed by atoms with Crippen molar-refractivity contribution in [2.75, 3.05) is 0 Å². The predicted molar refractivity (Wildman–Crippen MR) is 91.6 cm³/mol. The lowest BCUT2D eigenvalue weighted by Crippen LogP contribution is -2.00. The second kappa shape index (κ2) is 6.98. The Balaban J connectivity index is 1.83. The van der Waals surface area contributed by atoms with Crippen LogP contribution in [0, 0.1) is 0 Å². The Labute approximate surface area is 141 Å². The maximum atomic E-state index is 5.43. The van der Waals surface area contributed by atoms with Gasteiger partial charge in [-0.25, -0.2) is 0 Å². The molecule has 3 aromatic rings. The Bertz CT molecular complexity index is 768. The number of hydrogen-bond acceptors (Lipinski definition) is 4. The number of rotatable bonds is 6. The van der Waals surface area contributed by atoms with Crippen LogP contribution in [-0.4, -0.2) is 14.8 Å². The van der Waals surface area contributed by atoms with Crippen molar-refractivity contribution in [2.45, 2.75) is 17.5 Å². The number of aromatic nitrogens is 3. The summed E-state index contributed by atoms with van der Waals surface area (Å²) in [6.07, 6.45) is 3.47. The van der Waals surface area contributed by atoms with Gasteiger partial charge in [0.1, 0.15) is 0 Å². The zero-order chi connectivity index (χ0) is 15.4. The van der Waals surface area contributed by atoms with E-state index in [1.807, 2.05) is 34.9 Å². The third kappa shape index (κ3) is 3.34. The lowest BCUT2D eigenvalue weighted by molar-refractivity contribution is 0.569. The maximum absolute atomic E-state index is 5.43. The third-order valence-corrected chi connectivity index (χ3v) is 4.56. The summed E-state index contributed by atoms with van der Waals surface area (Å²) in [6, 6.07) is 12.0. The molecule has 4 nitrogen and oxygen atoms in total. The molecule has 0 spiro atoms. The standard InChI is InChI=1S/C16H14BrN3OS/c1-2-8-20-15(14-7-4-9-21-14)18-19-16(20)22-11-12-5-3-6-13(17)10-12/h2-7,9-10H,1,8,11H2. The predicted octanol–water partition coefficient (Wildman–Crippen LogP) is 4.78. The molecule has 6 heteroatoms. The maximum Gasteiger partial charge on any atom is 0.200 e. The van der Waals surface area contributed by atoms with E-state index in [-0.39, 0.29) is 0 Å². The average molecular weight is 376 g/mol. The molecular formula is C16H14BrN3OS. The van der Waals surface area contributed by atoms with Crippen molar-refractivity contribution in [3.8, 4) is 11.6 Å². The molecule has 0 aliphatic rings. The topological polar surface area (TPSA) is 43.9 Å². The molecule has 0 aliphatic carbocycles. The molecule has 1 aromatic carbocycles. The van der Waals surface area contributed by atoms with Gasteiger partial charge in [-0.15, -0.1) is 16.8 Å². The van der Waals surface area contributed by atoms with Gasteiger partial charge in [-0.1, -0.05) is 45.9 Å². The molecule has 0 amide bonds. The van der Waals surface area contributed by atoms with E-state index in [2.05, 4.69) is 44.8 Å². The fourth-order valence-electron chi connectivity index (χ4n) is 2.05. The van der Waals surface area contributed by atoms with Crippen molar-refractivity contribution < 1.29 is 4.42 Å². The van der Waals surface area contributed by atoms with Gasteiger partial charge in [-0.05, 0) is 29.8 Å². The molecule has 0 N–H and O–H groups in total. The van der Waals surface area contributed by atoms with Gasteiger partial charge in [0, 0.05) is 16.8 Å². The first-order valence-corrected chi connectivity index (χ1v) is 8.51. The van der Waals surface area contributed by atoms with Crippen molar-refractivity contribution in [1.82, 2.24) is 14.8 Å². The Kier molecular flexibility index (Phi) is 4.80. The highest BCUT2D eigenvalue weighted by Gasteiger charge is 2.15. The molecule has 0 saturated carbocycles. The van der Waals surface area contributed by atoms with Crippen LogP contribution in [0.4, 0.5) is 0 Å². The molecule has 0 aliphatic heterocycles. The van der Waals surface area contributed by atoms with E-state index < -0.39 is 0 Å². The smallest absolute Gasteiger partial charge is 0.200 e. The first-order valence-electron chi connectivity index (χ1n) is 6.73. The van der Waals surface area contributed by atoms with E-state index in [1.165, 1.54) is 5.56 Å². The van der Waals surface area contributed by atoms with E-state index in [0.29, 0.717) is 12.3 Å². The van der Waals surface area contributed by atoms with Crippen LogP contribution in [-0.2, 0) is 12.3 Å². The average Bonchev–Trinajstić information content (AvgIpc) is 3.15. The van der Waals surface area contributed by atoms with Crippen LogP contribution in [0.2, 0.25) is 0 Å². The van der Waals surface area contributed by atoms with Crippen LogP contribution >= 0.6 is 27.7 Å². The monoisotopic (exact) mass is 375 g/mol. The van der Waals surface area contributed by atoms with Crippen molar-refractivity contribution in [3.63, 3.8) is 0 Å². The SMILES string of the molecule is C=CCn1c(SCc2cccc(Br)c2)nnc1-c1ccco1. The van der Waals surface area contributed by atoms with Gasteiger partial charge in [0.05, 0.1) is 6.26 Å². The largest absolute Gasteiger partial charge is 0.461 e. The molecule has 0 radical (unpaired) electrons. The number of benzene rings is 1. The molecule has 0 atom stereocenters. The Morgan fingerprint density at radius 2 is 2.18 bits per heavy atom. The van der Waals surface area contributed by atoms with Crippen molar-refractivity contribution >= 4 is 27.7 Å². The van der Waals surface area contributed by atoms with Gasteiger partial charge >= 0.3 is 0 Å². The van der Waals surface area contributed by atoms with Crippen LogP contribution in [0.15, 0.2) is 69.4 Å². The summed E-state index contributed by atoms with van der Waals surface area (Å²) in [5.41, 5.74) is 1.23. The van der Waals surface area contributed by atoms with Crippen LogP contribution < -0.4 is 0 Å². The molecule has 3 rings (SSSR count). The molecular weight excluding hydrogens is 362 g/mol. The molecule has 112 valence electrons. The lowest BCUT2D eigenvalue weighted by atomic mass is 10.2. The highest BCUT2D eigenvalue weighted by Crippen LogP contribution is 2.27. The molecule has 2 heterocycles. The summed E-state index contributed by atoms with van der Waals surface area (Å²) in [5, 5.41) is 9.39. The first kappa shape index (κ1) is 15.1. The zero-order valence-electron chi connectivity index (χ0n) is 11.8. The fourth-order valence-corrected chi connectivity index (χ4v) is 3.39. The van der Waals surface area contributed by atoms with Gasteiger partial charge in [-0.2, -0.15) is 0 Å². The quantitative estimate of drug-likeness (QED) is 0.459. The highest BCUT2D eigenvalue weighted by molar-refractivity contribution is 9.10. The van der Waals surface area contributed by atoms with Crippen LogP contribution in [0.3, 0.4) is 0 Å². The van der Waals surface area contributed by atoms with E-state index in [9.17, 15) is 0 Å². The Hall–Kier alpha value is -1.79. The summed E-state index contributed by atoms with van der Waals surface area (Å²) >= 11 is 5.14. The van der Waals surface area contributed by atoms with Crippen LogP contribution in [0.5, 0.6) is 0 Å². The summed E-state index contributed by atoms with van der Waals surface area (Å²) in [6.45, 7) is 4.45. The van der Waals surface area contributed by atoms with E-state index >= 15 is 0 Å². The summed E-state index contributed by atoms with van der Waals surface area (Å²) in [7, 11) is 0. The minimum absolute atomic E-state index is 0.643. The highest BCUT2D eigenvalue weighted by atomic mass is 79.9. The minimum atomic E-state index is 0.643. The van der Waals surface area contributed by atoms with Gasteiger partial charge in [0.25, 0.3) is 0 Å². The Morgan fingerprint density at radius 3 is 2.91 bits per heavy atom. The molecule has 0 saturated heterocycles. The number of hydrogen-bond donors (Lipinski definition) is 0. The van der Waals surface area contributed by atoms with Gasteiger partial charge in [-0.3, -0.25) is 4.57 Å². The summed E-state index contributed by atoms with van der Waals surface area (Å²) in [5.74, 6) is 2.26. The first-order chi connectivity index (χ1) is 10.8. The van der Waals surface area contributed by atoms with Gasteiger partial charge in [0.15, 0.2) is 10.9 Å². The summed E-state index contributed by atoms with van der Waals surface area (Å²) in [4.78, 5) is 0. The number of furan rings is 1. The molecule has 0 bridgehead atoms. The number of halogens is 1. The van der Waals surface area contributed by atoms with E-state index in [0.717, 1.165) is 21.2 Å². The van der Waals surface area contributed by atoms with Crippen molar-refractivity contribution in [2.24, 2.45) is 0 Å². The molecule has 0 fully saturated rings. The van der Waals surface area contributed by atoms with Crippen molar-refractivity contribution in [1.29, 1.82) is 0 Å². The molecule has 22 heavy (non-hydrogen) atoms. The molecule has 0 unspecified atom stereocenters. The summed E-state index contributed by atoms with van der Waals surface area (Å²) < 4.78 is 8.51. The lowest BCUT2D eigenvalue weighted by Gasteiger charge is -2.06. The number of allylic oxidation sites excluding steroid dienone is 1. The normalized spacial score (nSPS) is 10.8. The number of thioether (sulfide) groups is 1. The van der Waals surface area contributed by atoms with E-state index in [1.54, 1.807) is 18.0 Å². The van der Waals surface area contributed by atoms with Crippen LogP contribution in [0.1, 0.15) is 5.56 Å². The third-order valence-electron chi connectivity index (χ3n) is 3.03. The Morgan fingerprint density at radius 1 is 1.27 bits per heavy atom. The van der Waals surface area contributed by atoms with E-state index in [4.69, 9.17) is 4.42 Å². The fraction of sp³-hybridized carbons (Fsp3) is 0.125. The zero-order valence-corrected chi connectivity index (χ0v) is 14.2. The minimum Gasteiger partial charge on any atom is -0.461 e. The number of nitrogens with zero attached hydrogens (tertiary/aromatic N) is 3. The van der Waals surface area contributed by atoms with Gasteiger partial charge < -0.3 is 4.42 Å². The molecule has 2 aromatic heterocycles. The van der Waals surface area contributed by atoms with Crippen molar-refractivity contribution in [3.05, 3.63) is 65.4 Å².